The Morgan fingerprint density at radius 3 is 2.38 bits per heavy atom. The van der Waals surface area contributed by atoms with Gasteiger partial charge in [-0.3, -0.25) is 9.59 Å². The lowest BCUT2D eigenvalue weighted by Gasteiger charge is -2.20. The van der Waals surface area contributed by atoms with Gasteiger partial charge in [-0.15, -0.1) is 0 Å². The minimum Gasteiger partial charge on any atom is -0.492 e. The van der Waals surface area contributed by atoms with Gasteiger partial charge in [0.1, 0.15) is 5.75 Å². The quantitative estimate of drug-likeness (QED) is 0.786. The first-order valence-electron chi connectivity index (χ1n) is 8.75. The number of para-hydroxylation sites is 1. The van der Waals surface area contributed by atoms with E-state index < -0.39 is 11.4 Å². The minimum absolute atomic E-state index is 0.248. The molecule has 0 spiro atoms. The predicted octanol–water partition coefficient (Wildman–Crippen LogP) is 4.09. The van der Waals surface area contributed by atoms with Crippen LogP contribution in [0.5, 0.6) is 5.75 Å². The highest BCUT2D eigenvalue weighted by atomic mass is 16.5. The molecule has 2 aromatic carbocycles. The molecule has 0 saturated heterocycles. The van der Waals surface area contributed by atoms with E-state index in [-0.39, 0.29) is 5.91 Å². The van der Waals surface area contributed by atoms with Gasteiger partial charge in [-0.2, -0.15) is 0 Å². The number of ether oxygens (including phenoxy) is 1. The van der Waals surface area contributed by atoms with Crippen LogP contribution in [0.3, 0.4) is 0 Å². The zero-order valence-corrected chi connectivity index (χ0v) is 15.0. The Hall–Kier alpha value is -2.82. The smallest absolute Gasteiger partial charge is 0.313 e. The molecule has 0 bridgehead atoms. The van der Waals surface area contributed by atoms with Gasteiger partial charge in [0, 0.05) is 5.69 Å². The Kier molecular flexibility index (Phi) is 4.98. The summed E-state index contributed by atoms with van der Waals surface area (Å²) < 4.78 is 5.78. The first-order valence-corrected chi connectivity index (χ1v) is 8.75. The van der Waals surface area contributed by atoms with Crippen molar-refractivity contribution in [2.45, 2.75) is 32.1 Å². The zero-order chi connectivity index (χ0) is 18.7. The molecule has 1 fully saturated rings. The maximum atomic E-state index is 12.6. The monoisotopic (exact) mass is 353 g/mol. The van der Waals surface area contributed by atoms with Crippen LogP contribution in [0.4, 0.5) is 5.69 Å². The summed E-state index contributed by atoms with van der Waals surface area (Å²) in [5, 5.41) is 12.1. The molecule has 0 atom stereocenters. The third-order valence-electron chi connectivity index (χ3n) is 4.70. The lowest BCUT2D eigenvalue weighted by atomic mass is 9.85. The summed E-state index contributed by atoms with van der Waals surface area (Å²) in [6, 6.07) is 14.1. The van der Waals surface area contributed by atoms with E-state index in [0.717, 1.165) is 0 Å². The summed E-state index contributed by atoms with van der Waals surface area (Å²) >= 11 is 0. The molecular formula is C21H23NO4. The van der Waals surface area contributed by atoms with E-state index in [9.17, 15) is 14.7 Å². The van der Waals surface area contributed by atoms with Crippen LogP contribution in [0.2, 0.25) is 0 Å². The maximum absolute atomic E-state index is 12.6. The van der Waals surface area contributed by atoms with E-state index in [1.54, 1.807) is 56.3 Å². The molecule has 1 saturated carbocycles. The van der Waals surface area contributed by atoms with Crippen molar-refractivity contribution in [1.82, 2.24) is 0 Å². The van der Waals surface area contributed by atoms with Crippen LogP contribution in [0.1, 0.15) is 42.6 Å². The minimum atomic E-state index is -0.980. The van der Waals surface area contributed by atoms with Crippen molar-refractivity contribution in [1.29, 1.82) is 0 Å². The van der Waals surface area contributed by atoms with Gasteiger partial charge in [0.15, 0.2) is 0 Å². The highest BCUT2D eigenvalue weighted by molar-refractivity contribution is 6.06. The molecule has 1 aliphatic rings. The van der Waals surface area contributed by atoms with Crippen molar-refractivity contribution in [3.8, 4) is 5.75 Å². The van der Waals surface area contributed by atoms with E-state index in [0.29, 0.717) is 35.1 Å². The topological polar surface area (TPSA) is 75.6 Å². The number of aliphatic carboxylic acids is 1. The van der Waals surface area contributed by atoms with Crippen molar-refractivity contribution in [3.63, 3.8) is 0 Å². The van der Waals surface area contributed by atoms with E-state index in [1.807, 2.05) is 6.07 Å². The number of carbonyl (C=O) groups is 2. The van der Waals surface area contributed by atoms with Crippen molar-refractivity contribution < 1.29 is 19.4 Å². The van der Waals surface area contributed by atoms with Gasteiger partial charge in [0.25, 0.3) is 5.91 Å². The summed E-state index contributed by atoms with van der Waals surface area (Å²) in [5.41, 5.74) is 0.794. The fourth-order valence-corrected chi connectivity index (χ4v) is 2.56. The van der Waals surface area contributed by atoms with Crippen LogP contribution >= 0.6 is 0 Å². The van der Waals surface area contributed by atoms with E-state index in [2.05, 4.69) is 5.32 Å². The van der Waals surface area contributed by atoms with Crippen molar-refractivity contribution in [2.24, 2.45) is 5.92 Å². The molecule has 0 aromatic heterocycles. The number of carboxylic acid groups (broad SMARTS) is 1. The van der Waals surface area contributed by atoms with Crippen LogP contribution < -0.4 is 10.1 Å². The average molecular weight is 353 g/mol. The summed E-state index contributed by atoms with van der Waals surface area (Å²) in [7, 11) is 0. The molecule has 2 N–H and O–H groups in total. The Morgan fingerprint density at radius 1 is 1.12 bits per heavy atom. The summed E-state index contributed by atoms with van der Waals surface area (Å²) in [4.78, 5) is 23.9. The number of benzene rings is 2. The largest absolute Gasteiger partial charge is 0.492 e. The molecule has 136 valence electrons. The second-order valence-electron chi connectivity index (χ2n) is 7.21. The van der Waals surface area contributed by atoms with Crippen LogP contribution in [-0.2, 0) is 10.2 Å². The van der Waals surface area contributed by atoms with Crippen LogP contribution in [-0.4, -0.2) is 23.6 Å². The molecular weight excluding hydrogens is 330 g/mol. The molecule has 1 amide bonds. The van der Waals surface area contributed by atoms with Crippen molar-refractivity contribution in [2.75, 3.05) is 11.9 Å². The number of anilines is 1. The maximum Gasteiger partial charge on any atom is 0.313 e. The highest BCUT2D eigenvalue weighted by Gasteiger charge is 2.29. The summed E-state index contributed by atoms with van der Waals surface area (Å²) in [6.45, 7) is 3.94. The van der Waals surface area contributed by atoms with Gasteiger partial charge in [0.2, 0.25) is 0 Å². The number of amides is 1. The predicted molar refractivity (Wildman–Crippen MR) is 99.7 cm³/mol. The van der Waals surface area contributed by atoms with Crippen LogP contribution in [0.25, 0.3) is 0 Å². The van der Waals surface area contributed by atoms with Crippen molar-refractivity contribution in [3.05, 3.63) is 59.7 Å². The lowest BCUT2D eigenvalue weighted by molar-refractivity contribution is -0.142. The number of hydrogen-bond acceptors (Lipinski definition) is 3. The first kappa shape index (κ1) is 18.0. The number of nitrogens with one attached hydrogen (secondary N) is 1. The normalized spacial score (nSPS) is 13.9. The molecule has 5 heteroatoms. The van der Waals surface area contributed by atoms with Gasteiger partial charge in [-0.1, -0.05) is 24.3 Å². The second kappa shape index (κ2) is 7.20. The van der Waals surface area contributed by atoms with Gasteiger partial charge in [-0.05, 0) is 62.4 Å². The van der Waals surface area contributed by atoms with Crippen LogP contribution in [0, 0.1) is 5.92 Å². The third-order valence-corrected chi connectivity index (χ3v) is 4.70. The van der Waals surface area contributed by atoms with Crippen molar-refractivity contribution >= 4 is 17.6 Å². The molecule has 0 radical (unpaired) electrons. The highest BCUT2D eigenvalue weighted by Crippen LogP contribution is 2.30. The average Bonchev–Trinajstić information content (AvgIpc) is 3.45. The Labute approximate surface area is 153 Å². The van der Waals surface area contributed by atoms with E-state index in [1.165, 1.54) is 12.8 Å². The summed E-state index contributed by atoms with van der Waals surface area (Å²) in [5.74, 6) is 0.0504. The molecule has 2 aromatic rings. The Bertz CT molecular complexity index is 807. The molecule has 5 nitrogen and oxygen atoms in total. The molecule has 1 aliphatic carbocycles. The lowest BCUT2D eigenvalue weighted by Crippen LogP contribution is -2.28. The van der Waals surface area contributed by atoms with Gasteiger partial charge >= 0.3 is 5.97 Å². The molecule has 0 aliphatic heterocycles. The van der Waals surface area contributed by atoms with Gasteiger partial charge in [0.05, 0.1) is 17.6 Å². The Balaban J connectivity index is 1.71. The fourth-order valence-electron chi connectivity index (χ4n) is 2.56. The van der Waals surface area contributed by atoms with E-state index in [4.69, 9.17) is 4.74 Å². The second-order valence-corrected chi connectivity index (χ2v) is 7.21. The standard InChI is InChI=1S/C21H23NO4/c1-21(2,20(24)25)15-9-11-16(12-10-15)22-19(23)17-5-3-4-6-18(17)26-13-14-7-8-14/h3-6,9-12,14H,7-8,13H2,1-2H3,(H,22,23)(H,24,25). The molecule has 0 heterocycles. The Morgan fingerprint density at radius 2 is 1.77 bits per heavy atom. The van der Waals surface area contributed by atoms with Gasteiger partial charge in [-0.25, -0.2) is 0 Å². The number of hydrogen-bond donors (Lipinski definition) is 2. The van der Waals surface area contributed by atoms with E-state index >= 15 is 0 Å². The molecule has 3 rings (SSSR count). The van der Waals surface area contributed by atoms with Gasteiger partial charge < -0.3 is 15.2 Å². The number of carbonyl (C=O) groups excluding carboxylic acids is 1. The molecule has 0 unspecified atom stereocenters. The number of rotatable bonds is 7. The van der Waals surface area contributed by atoms with Crippen LogP contribution in [0.15, 0.2) is 48.5 Å². The molecule has 26 heavy (non-hydrogen) atoms. The number of carboxylic acids is 1. The zero-order valence-electron chi connectivity index (χ0n) is 15.0. The summed E-state index contributed by atoms with van der Waals surface area (Å²) in [6.07, 6.45) is 2.38. The third kappa shape index (κ3) is 4.04. The fraction of sp³-hybridized carbons (Fsp3) is 0.333. The SMILES string of the molecule is CC(C)(C(=O)O)c1ccc(NC(=O)c2ccccc2OCC2CC2)cc1. The first-order chi connectivity index (χ1) is 12.4.